The molecule has 0 aromatic carbocycles. The third-order valence-corrected chi connectivity index (χ3v) is 5.85. The maximum atomic E-state index is 12.6. The molecule has 0 aromatic heterocycles. The molecule has 1 saturated heterocycles. The van der Waals surface area contributed by atoms with Gasteiger partial charge in [-0.25, -0.2) is 0 Å². The van der Waals surface area contributed by atoms with Gasteiger partial charge in [0.25, 0.3) is 0 Å². The van der Waals surface area contributed by atoms with Gasteiger partial charge in [0.1, 0.15) is 0 Å². The number of ether oxygens (including phenoxy) is 1. The summed E-state index contributed by atoms with van der Waals surface area (Å²) in [4.78, 5) is 12.6. The fourth-order valence-electron chi connectivity index (χ4n) is 4.32. The van der Waals surface area contributed by atoms with Crippen molar-refractivity contribution >= 4 is 5.97 Å². The molecule has 0 N–H and O–H groups in total. The molecule has 2 heteroatoms. The zero-order valence-electron chi connectivity index (χ0n) is 16.4. The number of hydrogen-bond donors (Lipinski definition) is 0. The molecule has 22 heavy (non-hydrogen) atoms. The summed E-state index contributed by atoms with van der Waals surface area (Å²) in [7, 11) is 0. The normalized spacial score (nSPS) is 27.4. The van der Waals surface area contributed by atoms with E-state index < -0.39 is 0 Å². The molecule has 0 spiro atoms. The first-order valence-corrected chi connectivity index (χ1v) is 8.97. The van der Waals surface area contributed by atoms with E-state index in [0.29, 0.717) is 29.8 Å². The van der Waals surface area contributed by atoms with E-state index in [0.717, 1.165) is 19.3 Å². The van der Waals surface area contributed by atoms with E-state index >= 15 is 0 Å². The third kappa shape index (κ3) is 4.49. The Morgan fingerprint density at radius 3 is 2.00 bits per heavy atom. The highest BCUT2D eigenvalue weighted by atomic mass is 16.5. The Morgan fingerprint density at radius 2 is 1.64 bits per heavy atom. The van der Waals surface area contributed by atoms with Gasteiger partial charge in [0, 0.05) is 0 Å². The maximum absolute atomic E-state index is 12.6. The zero-order chi connectivity index (χ0) is 17.3. The van der Waals surface area contributed by atoms with E-state index in [1.807, 2.05) is 0 Å². The molecule has 2 nitrogen and oxygen atoms in total. The van der Waals surface area contributed by atoms with Crippen molar-refractivity contribution in [3.63, 3.8) is 0 Å². The summed E-state index contributed by atoms with van der Waals surface area (Å²) in [5.41, 5.74) is 0.238. The van der Waals surface area contributed by atoms with Gasteiger partial charge in [0.2, 0.25) is 0 Å². The van der Waals surface area contributed by atoms with Crippen LogP contribution in [-0.2, 0) is 9.53 Å². The van der Waals surface area contributed by atoms with E-state index in [4.69, 9.17) is 4.74 Å². The van der Waals surface area contributed by atoms with Crippen molar-refractivity contribution in [2.24, 2.45) is 34.0 Å². The van der Waals surface area contributed by atoms with Gasteiger partial charge in [-0.3, -0.25) is 4.79 Å². The van der Waals surface area contributed by atoms with Gasteiger partial charge in [-0.1, -0.05) is 62.3 Å². The molecule has 0 aliphatic carbocycles. The first kappa shape index (κ1) is 19.5. The SMILES string of the molecule is CC(CC(C)(C)C)CC1(C(C)C(C)C(C)(C)C)CCOC1=O. The Kier molecular flexibility index (Phi) is 5.79. The van der Waals surface area contributed by atoms with Crippen LogP contribution in [0.25, 0.3) is 0 Å². The summed E-state index contributed by atoms with van der Waals surface area (Å²) in [6, 6.07) is 0. The molecule has 130 valence electrons. The molecule has 1 aliphatic rings. The van der Waals surface area contributed by atoms with Crippen LogP contribution in [0.4, 0.5) is 0 Å². The van der Waals surface area contributed by atoms with Crippen LogP contribution >= 0.6 is 0 Å². The largest absolute Gasteiger partial charge is 0.465 e. The van der Waals surface area contributed by atoms with Crippen LogP contribution in [0.2, 0.25) is 0 Å². The molecule has 1 rings (SSSR count). The highest BCUT2D eigenvalue weighted by Crippen LogP contribution is 2.50. The van der Waals surface area contributed by atoms with Gasteiger partial charge < -0.3 is 4.74 Å². The third-order valence-electron chi connectivity index (χ3n) is 5.85. The Morgan fingerprint density at radius 1 is 1.09 bits per heavy atom. The van der Waals surface area contributed by atoms with Crippen molar-refractivity contribution in [2.45, 2.75) is 81.6 Å². The Bertz CT molecular complexity index is 385. The van der Waals surface area contributed by atoms with Crippen LogP contribution in [0.5, 0.6) is 0 Å². The molecule has 0 radical (unpaired) electrons. The van der Waals surface area contributed by atoms with Crippen LogP contribution in [0, 0.1) is 34.0 Å². The fraction of sp³-hybridized carbons (Fsp3) is 0.950. The molecular formula is C20H38O2. The monoisotopic (exact) mass is 310 g/mol. The summed E-state index contributed by atoms with van der Waals surface area (Å²) in [5.74, 6) is 1.43. The lowest BCUT2D eigenvalue weighted by atomic mass is 9.60. The lowest BCUT2D eigenvalue weighted by Crippen LogP contribution is -2.42. The number of rotatable bonds is 5. The average molecular weight is 311 g/mol. The summed E-state index contributed by atoms with van der Waals surface area (Å²) in [5, 5.41) is 0. The molecule has 0 saturated carbocycles. The van der Waals surface area contributed by atoms with E-state index in [1.165, 1.54) is 0 Å². The minimum absolute atomic E-state index is 0.0526. The smallest absolute Gasteiger partial charge is 0.312 e. The number of carbonyl (C=O) groups excluding carboxylic acids is 1. The van der Waals surface area contributed by atoms with Crippen molar-refractivity contribution in [3.05, 3.63) is 0 Å². The lowest BCUT2D eigenvalue weighted by molar-refractivity contribution is -0.151. The molecule has 0 aromatic rings. The first-order valence-electron chi connectivity index (χ1n) is 8.97. The second-order valence-electron chi connectivity index (χ2n) is 10.1. The van der Waals surface area contributed by atoms with Gasteiger partial charge in [0.15, 0.2) is 0 Å². The van der Waals surface area contributed by atoms with Gasteiger partial charge in [-0.05, 0) is 47.8 Å². The van der Waals surface area contributed by atoms with E-state index in [-0.39, 0.29) is 16.8 Å². The van der Waals surface area contributed by atoms with Crippen molar-refractivity contribution in [1.82, 2.24) is 0 Å². The molecule has 4 atom stereocenters. The molecule has 1 heterocycles. The van der Waals surface area contributed by atoms with E-state index in [9.17, 15) is 4.79 Å². The molecular weight excluding hydrogens is 272 g/mol. The minimum atomic E-state index is -0.280. The van der Waals surface area contributed by atoms with Crippen molar-refractivity contribution < 1.29 is 9.53 Å². The second kappa shape index (κ2) is 6.53. The quantitative estimate of drug-likeness (QED) is 0.609. The number of hydrogen-bond acceptors (Lipinski definition) is 2. The van der Waals surface area contributed by atoms with Crippen LogP contribution < -0.4 is 0 Å². The van der Waals surface area contributed by atoms with Crippen LogP contribution in [0.15, 0.2) is 0 Å². The summed E-state index contributed by atoms with van der Waals surface area (Å²) in [6.45, 7) is 21.1. The molecule has 4 unspecified atom stereocenters. The maximum Gasteiger partial charge on any atom is 0.312 e. The molecule has 0 bridgehead atoms. The van der Waals surface area contributed by atoms with E-state index in [1.54, 1.807) is 0 Å². The van der Waals surface area contributed by atoms with Crippen molar-refractivity contribution in [2.75, 3.05) is 6.61 Å². The van der Waals surface area contributed by atoms with Gasteiger partial charge in [-0.2, -0.15) is 0 Å². The average Bonchev–Trinajstić information content (AvgIpc) is 2.66. The summed E-state index contributed by atoms with van der Waals surface area (Å²) in [6.07, 6.45) is 3.01. The van der Waals surface area contributed by atoms with Gasteiger partial charge in [-0.15, -0.1) is 0 Å². The standard InChI is InChI=1S/C20H38O2/c1-14(12-18(4,5)6)13-20(10-11-22-17(20)21)16(3)15(2)19(7,8)9/h14-16H,10-13H2,1-9H3. The Balaban J connectivity index is 2.99. The van der Waals surface area contributed by atoms with Crippen LogP contribution in [0.3, 0.4) is 0 Å². The molecule has 1 fully saturated rings. The van der Waals surface area contributed by atoms with Crippen LogP contribution in [0.1, 0.15) is 81.6 Å². The van der Waals surface area contributed by atoms with Gasteiger partial charge >= 0.3 is 5.97 Å². The minimum Gasteiger partial charge on any atom is -0.465 e. The number of carbonyl (C=O) groups is 1. The lowest BCUT2D eigenvalue weighted by Gasteiger charge is -2.42. The number of esters is 1. The first-order chi connectivity index (χ1) is 9.79. The van der Waals surface area contributed by atoms with Crippen LogP contribution in [-0.4, -0.2) is 12.6 Å². The Hall–Kier alpha value is -0.530. The van der Waals surface area contributed by atoms with Crippen molar-refractivity contribution in [3.8, 4) is 0 Å². The Labute approximate surface area is 138 Å². The summed E-state index contributed by atoms with van der Waals surface area (Å²) < 4.78 is 5.44. The summed E-state index contributed by atoms with van der Waals surface area (Å²) >= 11 is 0. The molecule has 1 aliphatic heterocycles. The molecule has 0 amide bonds. The fourth-order valence-corrected chi connectivity index (χ4v) is 4.32. The predicted octanol–water partition coefficient (Wildman–Crippen LogP) is 5.70. The predicted molar refractivity (Wildman–Crippen MR) is 93.6 cm³/mol. The zero-order valence-corrected chi connectivity index (χ0v) is 16.4. The topological polar surface area (TPSA) is 26.3 Å². The van der Waals surface area contributed by atoms with Crippen molar-refractivity contribution in [1.29, 1.82) is 0 Å². The van der Waals surface area contributed by atoms with E-state index in [2.05, 4.69) is 62.3 Å². The highest BCUT2D eigenvalue weighted by Gasteiger charge is 2.52. The van der Waals surface area contributed by atoms with Gasteiger partial charge in [0.05, 0.1) is 12.0 Å². The second-order valence-corrected chi connectivity index (χ2v) is 10.1. The highest BCUT2D eigenvalue weighted by molar-refractivity contribution is 5.79. The number of cyclic esters (lactones) is 1.